The summed E-state index contributed by atoms with van der Waals surface area (Å²) in [6.45, 7) is 16.8. The molecule has 1 rings (SSSR count). The zero-order valence-corrected chi connectivity index (χ0v) is 13.0. The summed E-state index contributed by atoms with van der Waals surface area (Å²) in [4.78, 5) is 0. The van der Waals surface area contributed by atoms with Crippen LogP contribution < -0.4 is 0 Å². The molecule has 0 bridgehead atoms. The minimum atomic E-state index is 0.456. The molecule has 0 saturated carbocycles. The summed E-state index contributed by atoms with van der Waals surface area (Å²) < 4.78 is 0. The third-order valence-electron chi connectivity index (χ3n) is 5.52. The molecule has 0 heterocycles. The molecule has 3 atom stereocenters. The van der Waals surface area contributed by atoms with Gasteiger partial charge in [-0.2, -0.15) is 0 Å². The van der Waals surface area contributed by atoms with Gasteiger partial charge in [0, 0.05) is 0 Å². The SMILES string of the molecule is CCC(C)(C)C1C=CC(C(C)(C)CC)C(C)C1. The zero-order chi connectivity index (χ0) is 13.3. The fraction of sp³-hybridized carbons (Fsp3) is 0.882. The van der Waals surface area contributed by atoms with E-state index in [9.17, 15) is 0 Å². The summed E-state index contributed by atoms with van der Waals surface area (Å²) in [7, 11) is 0. The molecule has 0 heteroatoms. The van der Waals surface area contributed by atoms with E-state index in [-0.39, 0.29) is 0 Å². The highest BCUT2D eigenvalue weighted by molar-refractivity contribution is 5.07. The Kier molecular flexibility index (Phi) is 4.49. The van der Waals surface area contributed by atoms with E-state index >= 15 is 0 Å². The second-order valence-corrected chi connectivity index (χ2v) is 7.41. The van der Waals surface area contributed by atoms with Gasteiger partial charge in [0.05, 0.1) is 0 Å². The van der Waals surface area contributed by atoms with Crippen molar-refractivity contribution in [2.45, 2.75) is 67.7 Å². The summed E-state index contributed by atoms with van der Waals surface area (Å²) in [6.07, 6.45) is 8.96. The standard InChI is InChI=1S/C17H32/c1-8-16(4,5)14-10-11-15(13(3)12-14)17(6,7)9-2/h10-11,13-15H,8-9,12H2,1-7H3. The highest BCUT2D eigenvalue weighted by Gasteiger charge is 2.37. The van der Waals surface area contributed by atoms with Crippen LogP contribution in [0.25, 0.3) is 0 Å². The van der Waals surface area contributed by atoms with Gasteiger partial charge in [-0.25, -0.2) is 0 Å². The van der Waals surface area contributed by atoms with Crippen molar-refractivity contribution < 1.29 is 0 Å². The molecule has 0 spiro atoms. The van der Waals surface area contributed by atoms with Crippen LogP contribution in [0.2, 0.25) is 0 Å². The van der Waals surface area contributed by atoms with Gasteiger partial charge in [-0.3, -0.25) is 0 Å². The lowest BCUT2D eigenvalue weighted by Crippen LogP contribution is -2.34. The molecule has 1 aliphatic carbocycles. The van der Waals surface area contributed by atoms with Gasteiger partial charge in [0.25, 0.3) is 0 Å². The lowest BCUT2D eigenvalue weighted by molar-refractivity contribution is 0.122. The fourth-order valence-corrected chi connectivity index (χ4v) is 3.18. The van der Waals surface area contributed by atoms with Crippen LogP contribution in [0.4, 0.5) is 0 Å². The van der Waals surface area contributed by atoms with Gasteiger partial charge in [0.2, 0.25) is 0 Å². The Hall–Kier alpha value is -0.260. The van der Waals surface area contributed by atoms with Gasteiger partial charge in [0.1, 0.15) is 0 Å². The van der Waals surface area contributed by atoms with E-state index in [4.69, 9.17) is 0 Å². The van der Waals surface area contributed by atoms with Crippen molar-refractivity contribution in [2.24, 2.45) is 28.6 Å². The number of allylic oxidation sites excluding steroid dienone is 2. The summed E-state index contributed by atoms with van der Waals surface area (Å²) in [5, 5.41) is 0. The predicted octanol–water partition coefficient (Wildman–Crippen LogP) is 5.69. The lowest BCUT2D eigenvalue weighted by atomic mass is 9.62. The monoisotopic (exact) mass is 236 g/mol. The van der Waals surface area contributed by atoms with Gasteiger partial charge in [-0.1, -0.05) is 73.5 Å². The first-order chi connectivity index (χ1) is 7.74. The van der Waals surface area contributed by atoms with E-state index in [1.54, 1.807) is 0 Å². The van der Waals surface area contributed by atoms with E-state index < -0.39 is 0 Å². The molecule has 17 heavy (non-hydrogen) atoms. The molecule has 1 aliphatic rings. The lowest BCUT2D eigenvalue weighted by Gasteiger charge is -2.43. The first kappa shape index (κ1) is 14.8. The van der Waals surface area contributed by atoms with Crippen molar-refractivity contribution in [3.63, 3.8) is 0 Å². The summed E-state index contributed by atoms with van der Waals surface area (Å²) in [6, 6.07) is 0. The Morgan fingerprint density at radius 3 is 1.88 bits per heavy atom. The van der Waals surface area contributed by atoms with Crippen LogP contribution in [0.5, 0.6) is 0 Å². The molecule has 3 unspecified atom stereocenters. The topological polar surface area (TPSA) is 0 Å². The molecular weight excluding hydrogens is 204 g/mol. The zero-order valence-electron chi connectivity index (χ0n) is 13.0. The van der Waals surface area contributed by atoms with Gasteiger partial charge in [0.15, 0.2) is 0 Å². The van der Waals surface area contributed by atoms with Gasteiger partial charge >= 0.3 is 0 Å². The fourth-order valence-electron chi connectivity index (χ4n) is 3.18. The van der Waals surface area contributed by atoms with Crippen LogP contribution >= 0.6 is 0 Å². The highest BCUT2D eigenvalue weighted by atomic mass is 14.4. The van der Waals surface area contributed by atoms with Crippen molar-refractivity contribution in [1.29, 1.82) is 0 Å². The van der Waals surface area contributed by atoms with E-state index in [2.05, 4.69) is 60.6 Å². The quantitative estimate of drug-likeness (QED) is 0.550. The van der Waals surface area contributed by atoms with Gasteiger partial charge < -0.3 is 0 Å². The molecule has 0 radical (unpaired) electrons. The van der Waals surface area contributed by atoms with Crippen LogP contribution in [-0.2, 0) is 0 Å². The second kappa shape index (κ2) is 5.16. The second-order valence-electron chi connectivity index (χ2n) is 7.41. The first-order valence-electron chi connectivity index (χ1n) is 7.43. The number of hydrogen-bond acceptors (Lipinski definition) is 0. The van der Waals surface area contributed by atoms with Crippen molar-refractivity contribution in [3.8, 4) is 0 Å². The molecule has 0 aromatic rings. The van der Waals surface area contributed by atoms with Crippen LogP contribution in [0.3, 0.4) is 0 Å². The Balaban J connectivity index is 2.84. The number of hydrogen-bond donors (Lipinski definition) is 0. The average molecular weight is 236 g/mol. The predicted molar refractivity (Wildman–Crippen MR) is 78.0 cm³/mol. The molecule has 100 valence electrons. The molecule has 0 nitrogen and oxygen atoms in total. The van der Waals surface area contributed by atoms with Crippen molar-refractivity contribution in [2.75, 3.05) is 0 Å². The Bertz CT molecular complexity index is 270. The maximum atomic E-state index is 2.53. The first-order valence-corrected chi connectivity index (χ1v) is 7.43. The van der Waals surface area contributed by atoms with Crippen molar-refractivity contribution in [3.05, 3.63) is 12.2 Å². The summed E-state index contributed by atoms with van der Waals surface area (Å²) in [5.74, 6) is 2.36. The molecule has 0 aromatic heterocycles. The summed E-state index contributed by atoms with van der Waals surface area (Å²) >= 11 is 0. The normalized spacial score (nSPS) is 30.6. The summed E-state index contributed by atoms with van der Waals surface area (Å²) in [5.41, 5.74) is 0.920. The van der Waals surface area contributed by atoms with Crippen LogP contribution in [0.1, 0.15) is 67.7 Å². The molecule has 0 amide bonds. The van der Waals surface area contributed by atoms with Gasteiger partial charge in [-0.05, 0) is 35.0 Å². The Morgan fingerprint density at radius 2 is 1.47 bits per heavy atom. The van der Waals surface area contributed by atoms with Crippen LogP contribution in [0, 0.1) is 28.6 Å². The minimum absolute atomic E-state index is 0.456. The Labute approximate surface area is 109 Å². The van der Waals surface area contributed by atoms with E-state index in [0.29, 0.717) is 10.8 Å². The third-order valence-corrected chi connectivity index (χ3v) is 5.52. The number of rotatable bonds is 4. The largest absolute Gasteiger partial charge is 0.0846 e. The van der Waals surface area contributed by atoms with E-state index in [1.165, 1.54) is 19.3 Å². The average Bonchev–Trinajstić information content (AvgIpc) is 2.28. The maximum Gasteiger partial charge on any atom is -0.0156 e. The molecule has 0 fully saturated rings. The highest BCUT2D eigenvalue weighted by Crippen LogP contribution is 2.46. The minimum Gasteiger partial charge on any atom is -0.0846 e. The van der Waals surface area contributed by atoms with Crippen molar-refractivity contribution >= 4 is 0 Å². The van der Waals surface area contributed by atoms with Crippen LogP contribution in [-0.4, -0.2) is 0 Å². The van der Waals surface area contributed by atoms with Crippen molar-refractivity contribution in [1.82, 2.24) is 0 Å². The maximum absolute atomic E-state index is 2.53. The molecule has 0 saturated heterocycles. The van der Waals surface area contributed by atoms with E-state index in [1.807, 2.05) is 0 Å². The molecule has 0 aromatic carbocycles. The molecule has 0 aliphatic heterocycles. The van der Waals surface area contributed by atoms with E-state index in [0.717, 1.165) is 17.8 Å². The molecule has 0 N–H and O–H groups in total. The third kappa shape index (κ3) is 3.14. The smallest absolute Gasteiger partial charge is 0.0156 e. The molecular formula is C17H32. The Morgan fingerprint density at radius 1 is 0.941 bits per heavy atom. The van der Waals surface area contributed by atoms with Crippen LogP contribution in [0.15, 0.2) is 12.2 Å². The van der Waals surface area contributed by atoms with Gasteiger partial charge in [-0.15, -0.1) is 0 Å².